The number of ether oxygens (including phenoxy) is 1. The molecule has 1 unspecified atom stereocenters. The van der Waals surface area contributed by atoms with E-state index in [4.69, 9.17) is 5.26 Å². The van der Waals surface area contributed by atoms with Crippen molar-refractivity contribution in [2.45, 2.75) is 25.6 Å². The molecule has 0 aliphatic rings. The second-order valence-corrected chi connectivity index (χ2v) is 3.38. The van der Waals surface area contributed by atoms with Crippen LogP contribution in [0.25, 0.3) is 0 Å². The van der Waals surface area contributed by atoms with Gasteiger partial charge in [-0.25, -0.2) is 0 Å². The summed E-state index contributed by atoms with van der Waals surface area (Å²) in [6.07, 6.45) is -4.42. The van der Waals surface area contributed by atoms with Crippen LogP contribution in [-0.4, -0.2) is 6.36 Å². The maximum Gasteiger partial charge on any atom is 0.573 e. The summed E-state index contributed by atoms with van der Waals surface area (Å²) < 4.78 is 39.6. The van der Waals surface area contributed by atoms with Gasteiger partial charge in [-0.15, -0.1) is 13.2 Å². The molecule has 0 fully saturated rings. The second-order valence-electron chi connectivity index (χ2n) is 3.38. The fourth-order valence-corrected chi connectivity index (χ4v) is 1.27. The molecule has 0 radical (unpaired) electrons. The molecule has 0 heterocycles. The monoisotopic (exact) mass is 229 g/mol. The summed E-state index contributed by atoms with van der Waals surface area (Å²) in [5, 5.41) is 8.49. The minimum absolute atomic E-state index is 0.109. The minimum Gasteiger partial charge on any atom is -0.406 e. The maximum atomic E-state index is 11.9. The van der Waals surface area contributed by atoms with E-state index in [-0.39, 0.29) is 18.1 Å². The van der Waals surface area contributed by atoms with E-state index in [2.05, 4.69) is 4.74 Å². The van der Waals surface area contributed by atoms with Crippen LogP contribution in [0.2, 0.25) is 0 Å². The maximum absolute atomic E-state index is 11.9. The van der Waals surface area contributed by atoms with E-state index in [9.17, 15) is 13.2 Å². The van der Waals surface area contributed by atoms with Gasteiger partial charge in [0.05, 0.1) is 6.07 Å². The molecule has 1 atom stereocenters. The number of rotatable bonds is 3. The molecule has 5 heteroatoms. The molecule has 0 aromatic heterocycles. The molecule has 1 aromatic rings. The third-order valence-electron chi connectivity index (χ3n) is 2.06. The molecule has 86 valence electrons. The Hall–Kier alpha value is -1.70. The Morgan fingerprint density at radius 3 is 2.69 bits per heavy atom. The van der Waals surface area contributed by atoms with Crippen molar-refractivity contribution in [1.29, 1.82) is 5.26 Å². The highest BCUT2D eigenvalue weighted by molar-refractivity contribution is 5.31. The Kier molecular flexibility index (Phi) is 3.78. The van der Waals surface area contributed by atoms with Crippen LogP contribution in [0.15, 0.2) is 24.3 Å². The zero-order valence-electron chi connectivity index (χ0n) is 8.58. The molecule has 16 heavy (non-hydrogen) atoms. The Balaban J connectivity index is 2.83. The molecule has 0 N–H and O–H groups in total. The predicted octanol–water partition coefficient (Wildman–Crippen LogP) is 3.60. The summed E-state index contributed by atoms with van der Waals surface area (Å²) >= 11 is 0. The number of nitrogens with zero attached hydrogens (tertiary/aromatic N) is 1. The van der Waals surface area contributed by atoms with E-state index in [1.807, 2.05) is 6.07 Å². The van der Waals surface area contributed by atoms with Crippen molar-refractivity contribution < 1.29 is 17.9 Å². The first kappa shape index (κ1) is 12.4. The third kappa shape index (κ3) is 3.81. The largest absolute Gasteiger partial charge is 0.573 e. The number of halogens is 3. The molecule has 1 rings (SSSR count). The zero-order valence-corrected chi connectivity index (χ0v) is 8.58. The molecular weight excluding hydrogens is 219 g/mol. The van der Waals surface area contributed by atoms with E-state index >= 15 is 0 Å². The third-order valence-corrected chi connectivity index (χ3v) is 2.06. The van der Waals surface area contributed by atoms with Crippen LogP contribution in [0.3, 0.4) is 0 Å². The molecule has 0 aliphatic carbocycles. The summed E-state index contributed by atoms with van der Waals surface area (Å²) in [6.45, 7) is 1.77. The minimum atomic E-state index is -4.68. The van der Waals surface area contributed by atoms with Crippen molar-refractivity contribution in [1.82, 2.24) is 0 Å². The van der Waals surface area contributed by atoms with Crippen LogP contribution < -0.4 is 4.74 Å². The molecule has 1 aromatic carbocycles. The lowest BCUT2D eigenvalue weighted by Gasteiger charge is -2.12. The van der Waals surface area contributed by atoms with E-state index in [1.165, 1.54) is 18.2 Å². The molecule has 0 saturated heterocycles. The number of hydrogen-bond acceptors (Lipinski definition) is 2. The highest BCUT2D eigenvalue weighted by Crippen LogP contribution is 2.27. The first-order valence-corrected chi connectivity index (χ1v) is 4.65. The van der Waals surface area contributed by atoms with Gasteiger partial charge < -0.3 is 4.74 Å². The highest BCUT2D eigenvalue weighted by Gasteiger charge is 2.31. The van der Waals surface area contributed by atoms with E-state index < -0.39 is 6.36 Å². The summed E-state index contributed by atoms with van der Waals surface area (Å²) in [6, 6.07) is 7.65. The van der Waals surface area contributed by atoms with Gasteiger partial charge >= 0.3 is 6.36 Å². The molecule has 0 saturated carbocycles. The Bertz CT molecular complexity index is 395. The summed E-state index contributed by atoms with van der Waals surface area (Å²) in [5.74, 6) is -0.364. The standard InChI is InChI=1S/C11H10F3NO/c1-8(5-6-15)9-3-2-4-10(7-9)16-11(12,13)14/h2-4,7-8H,5H2,1H3. The van der Waals surface area contributed by atoms with Gasteiger partial charge in [-0.1, -0.05) is 19.1 Å². The van der Waals surface area contributed by atoms with Gasteiger partial charge in [-0.2, -0.15) is 5.26 Å². The average molecular weight is 229 g/mol. The fraction of sp³-hybridized carbons (Fsp3) is 0.364. The quantitative estimate of drug-likeness (QED) is 0.793. The van der Waals surface area contributed by atoms with Gasteiger partial charge in [0.15, 0.2) is 0 Å². The lowest BCUT2D eigenvalue weighted by atomic mass is 9.98. The summed E-state index contributed by atoms with van der Waals surface area (Å²) in [5.41, 5.74) is 0.656. The smallest absolute Gasteiger partial charge is 0.406 e. The first-order valence-electron chi connectivity index (χ1n) is 4.65. The van der Waals surface area contributed by atoms with Crippen LogP contribution in [0.1, 0.15) is 24.8 Å². The molecule has 2 nitrogen and oxygen atoms in total. The molecule has 0 bridgehead atoms. The topological polar surface area (TPSA) is 33.0 Å². The van der Waals surface area contributed by atoms with Crippen LogP contribution in [0.5, 0.6) is 5.75 Å². The lowest BCUT2D eigenvalue weighted by molar-refractivity contribution is -0.274. The number of hydrogen-bond donors (Lipinski definition) is 0. The van der Waals surface area contributed by atoms with Crippen molar-refractivity contribution in [3.8, 4) is 11.8 Å². The van der Waals surface area contributed by atoms with Gasteiger partial charge in [0.2, 0.25) is 0 Å². The predicted molar refractivity (Wildman–Crippen MR) is 51.8 cm³/mol. The van der Waals surface area contributed by atoms with Gasteiger partial charge in [0.1, 0.15) is 5.75 Å². The molecule has 0 amide bonds. The second kappa shape index (κ2) is 4.88. The van der Waals surface area contributed by atoms with Crippen molar-refractivity contribution in [3.05, 3.63) is 29.8 Å². The summed E-state index contributed by atoms with van der Waals surface area (Å²) in [7, 11) is 0. The van der Waals surface area contributed by atoms with Crippen LogP contribution >= 0.6 is 0 Å². The number of benzene rings is 1. The average Bonchev–Trinajstić information content (AvgIpc) is 2.16. The van der Waals surface area contributed by atoms with Crippen LogP contribution in [-0.2, 0) is 0 Å². The van der Waals surface area contributed by atoms with E-state index in [1.54, 1.807) is 13.0 Å². The van der Waals surface area contributed by atoms with E-state index in [0.29, 0.717) is 5.56 Å². The van der Waals surface area contributed by atoms with Crippen LogP contribution in [0, 0.1) is 11.3 Å². The van der Waals surface area contributed by atoms with Crippen molar-refractivity contribution in [3.63, 3.8) is 0 Å². The lowest BCUT2D eigenvalue weighted by Crippen LogP contribution is -2.17. The van der Waals surface area contributed by atoms with Gasteiger partial charge in [0, 0.05) is 6.42 Å². The van der Waals surface area contributed by atoms with Gasteiger partial charge in [-0.3, -0.25) is 0 Å². The molecule has 0 aliphatic heterocycles. The van der Waals surface area contributed by atoms with Crippen molar-refractivity contribution in [2.24, 2.45) is 0 Å². The Morgan fingerprint density at radius 2 is 2.12 bits per heavy atom. The Morgan fingerprint density at radius 1 is 1.44 bits per heavy atom. The normalized spacial score (nSPS) is 12.9. The van der Waals surface area contributed by atoms with Gasteiger partial charge in [0.25, 0.3) is 0 Å². The van der Waals surface area contributed by atoms with Crippen LogP contribution in [0.4, 0.5) is 13.2 Å². The van der Waals surface area contributed by atoms with Gasteiger partial charge in [-0.05, 0) is 23.6 Å². The Labute approximate surface area is 91.3 Å². The highest BCUT2D eigenvalue weighted by atomic mass is 19.4. The number of nitriles is 1. The molecular formula is C11H10F3NO. The molecule has 0 spiro atoms. The SMILES string of the molecule is CC(CC#N)c1cccc(OC(F)(F)F)c1. The van der Waals surface area contributed by atoms with Crippen molar-refractivity contribution >= 4 is 0 Å². The summed E-state index contributed by atoms with van der Waals surface area (Å²) in [4.78, 5) is 0. The first-order chi connectivity index (χ1) is 7.42. The number of alkyl halides is 3. The fourth-order valence-electron chi connectivity index (χ4n) is 1.27. The van der Waals surface area contributed by atoms with E-state index in [0.717, 1.165) is 0 Å². The zero-order chi connectivity index (χ0) is 12.2. The van der Waals surface area contributed by atoms with Crippen molar-refractivity contribution in [2.75, 3.05) is 0 Å².